The van der Waals surface area contributed by atoms with Crippen LogP contribution in [0.15, 0.2) is 12.3 Å². The van der Waals surface area contributed by atoms with Gasteiger partial charge in [-0.3, -0.25) is 4.79 Å². The molecule has 0 aromatic carbocycles. The Hall–Kier alpha value is -2.15. The number of nitrogens with one attached hydrogen (secondary N) is 1. The van der Waals surface area contributed by atoms with Crippen LogP contribution < -0.4 is 15.8 Å². The van der Waals surface area contributed by atoms with Crippen LogP contribution in [0.25, 0.3) is 0 Å². The van der Waals surface area contributed by atoms with Crippen LogP contribution in [0.5, 0.6) is 5.88 Å². The Morgan fingerprint density at radius 3 is 2.80 bits per heavy atom. The molecule has 0 fully saturated rings. The number of anilines is 1. The zero-order valence-electron chi connectivity index (χ0n) is 11.6. The van der Waals surface area contributed by atoms with Crippen molar-refractivity contribution >= 4 is 22.9 Å². The highest BCUT2D eigenvalue weighted by atomic mass is 32.1. The average molecular weight is 292 g/mol. The van der Waals surface area contributed by atoms with Gasteiger partial charge in [0.25, 0.3) is 5.91 Å². The Kier molecular flexibility index (Phi) is 4.19. The maximum Gasteiger partial charge on any atom is 0.254 e. The lowest BCUT2D eigenvalue weighted by Crippen LogP contribution is -2.14. The lowest BCUT2D eigenvalue weighted by atomic mass is 10.2. The molecular formula is C13H16N4O2S. The number of hydrogen-bond donors (Lipinski definition) is 2. The molecule has 0 aliphatic carbocycles. The van der Waals surface area contributed by atoms with Gasteiger partial charge >= 0.3 is 0 Å². The number of nitrogens with zero attached hydrogens (tertiary/aromatic N) is 2. The Labute approximate surface area is 121 Å². The molecular weight excluding hydrogens is 276 g/mol. The molecule has 0 saturated heterocycles. The Morgan fingerprint density at radius 1 is 1.50 bits per heavy atom. The molecule has 0 aliphatic rings. The summed E-state index contributed by atoms with van der Waals surface area (Å²) < 4.78 is 5.00. The SMILES string of the molecule is COc1ncc(NCc2sc(C)nc2C)cc1C(N)=O. The molecule has 1 amide bonds. The minimum Gasteiger partial charge on any atom is -0.480 e. The molecule has 0 atom stereocenters. The van der Waals surface area contributed by atoms with Crippen molar-refractivity contribution in [2.75, 3.05) is 12.4 Å². The predicted molar refractivity (Wildman–Crippen MR) is 78.2 cm³/mol. The third-order valence-electron chi connectivity index (χ3n) is 2.76. The van der Waals surface area contributed by atoms with Crippen LogP contribution in [0.3, 0.4) is 0 Å². The summed E-state index contributed by atoms with van der Waals surface area (Å²) >= 11 is 1.64. The van der Waals surface area contributed by atoms with E-state index in [1.807, 2.05) is 13.8 Å². The lowest BCUT2D eigenvalue weighted by Gasteiger charge is -2.09. The number of primary amides is 1. The van der Waals surface area contributed by atoms with Gasteiger partial charge in [0, 0.05) is 4.88 Å². The normalized spacial score (nSPS) is 10.3. The van der Waals surface area contributed by atoms with E-state index in [1.165, 1.54) is 7.11 Å². The fraction of sp³-hybridized carbons (Fsp3) is 0.308. The van der Waals surface area contributed by atoms with Crippen molar-refractivity contribution in [2.24, 2.45) is 5.73 Å². The van der Waals surface area contributed by atoms with E-state index in [4.69, 9.17) is 10.5 Å². The summed E-state index contributed by atoms with van der Waals surface area (Å²) in [4.78, 5) is 20.9. The van der Waals surface area contributed by atoms with Crippen LogP contribution >= 0.6 is 11.3 Å². The zero-order valence-corrected chi connectivity index (χ0v) is 12.4. The number of carbonyl (C=O) groups is 1. The molecule has 0 saturated carbocycles. The summed E-state index contributed by atoms with van der Waals surface area (Å²) in [5.74, 6) is -0.337. The monoisotopic (exact) mass is 292 g/mol. The van der Waals surface area contributed by atoms with Crippen LogP contribution in [-0.2, 0) is 6.54 Å². The third-order valence-corrected chi connectivity index (χ3v) is 3.84. The summed E-state index contributed by atoms with van der Waals surface area (Å²) in [5, 5.41) is 4.24. The molecule has 0 unspecified atom stereocenters. The van der Waals surface area contributed by atoms with Gasteiger partial charge in [0.2, 0.25) is 5.88 Å². The second-order valence-corrected chi connectivity index (χ2v) is 5.53. The fourth-order valence-electron chi connectivity index (χ4n) is 1.81. The number of pyridine rings is 1. The molecule has 20 heavy (non-hydrogen) atoms. The van der Waals surface area contributed by atoms with Gasteiger partial charge in [-0.25, -0.2) is 9.97 Å². The molecule has 2 heterocycles. The number of carbonyl (C=O) groups excluding carboxylic acids is 1. The first-order chi connectivity index (χ1) is 9.51. The van der Waals surface area contributed by atoms with Gasteiger partial charge in [-0.05, 0) is 19.9 Å². The first-order valence-corrected chi connectivity index (χ1v) is 6.83. The number of methoxy groups -OCH3 is 1. The number of amides is 1. The molecule has 6 nitrogen and oxygen atoms in total. The van der Waals surface area contributed by atoms with Crippen molar-refractivity contribution in [3.8, 4) is 5.88 Å². The first kappa shape index (κ1) is 14.3. The van der Waals surface area contributed by atoms with E-state index in [2.05, 4.69) is 15.3 Å². The fourth-order valence-corrected chi connectivity index (χ4v) is 2.68. The predicted octanol–water partition coefficient (Wildman–Crippen LogP) is 1.87. The standard InChI is InChI=1S/C13H16N4O2S/c1-7-11(20-8(2)17-7)6-15-9-4-10(12(14)18)13(19-3)16-5-9/h4-5,15H,6H2,1-3H3,(H2,14,18). The minimum atomic E-state index is -0.567. The number of rotatable bonds is 5. The summed E-state index contributed by atoms with van der Waals surface area (Å²) in [6.45, 7) is 4.58. The Balaban J connectivity index is 2.16. The maximum atomic E-state index is 11.3. The average Bonchev–Trinajstić information content (AvgIpc) is 2.74. The Bertz CT molecular complexity index is 639. The highest BCUT2D eigenvalue weighted by Crippen LogP contribution is 2.21. The van der Waals surface area contributed by atoms with E-state index in [1.54, 1.807) is 23.6 Å². The van der Waals surface area contributed by atoms with E-state index < -0.39 is 5.91 Å². The molecule has 2 rings (SSSR count). The maximum absolute atomic E-state index is 11.3. The quantitative estimate of drug-likeness (QED) is 0.878. The number of ether oxygens (including phenoxy) is 1. The van der Waals surface area contributed by atoms with Crippen LogP contribution in [0.1, 0.15) is 25.9 Å². The number of aryl methyl sites for hydroxylation is 2. The Morgan fingerprint density at radius 2 is 2.25 bits per heavy atom. The summed E-state index contributed by atoms with van der Waals surface area (Å²) in [6, 6.07) is 1.64. The van der Waals surface area contributed by atoms with Crippen molar-refractivity contribution in [2.45, 2.75) is 20.4 Å². The molecule has 0 aliphatic heterocycles. The summed E-state index contributed by atoms with van der Waals surface area (Å²) in [6.07, 6.45) is 1.61. The molecule has 0 spiro atoms. The minimum absolute atomic E-state index is 0.230. The summed E-state index contributed by atoms with van der Waals surface area (Å²) in [7, 11) is 1.45. The van der Waals surface area contributed by atoms with Crippen LogP contribution in [-0.4, -0.2) is 23.0 Å². The van der Waals surface area contributed by atoms with Crippen molar-refractivity contribution in [1.29, 1.82) is 0 Å². The van der Waals surface area contributed by atoms with Crippen LogP contribution in [0.2, 0.25) is 0 Å². The lowest BCUT2D eigenvalue weighted by molar-refractivity contribution is 0.0996. The van der Waals surface area contributed by atoms with E-state index >= 15 is 0 Å². The van der Waals surface area contributed by atoms with E-state index in [0.717, 1.165) is 15.6 Å². The molecule has 0 bridgehead atoms. The molecule has 3 N–H and O–H groups in total. The van der Waals surface area contributed by atoms with Gasteiger partial charge < -0.3 is 15.8 Å². The zero-order chi connectivity index (χ0) is 14.7. The van der Waals surface area contributed by atoms with Gasteiger partial charge in [0.1, 0.15) is 5.56 Å². The summed E-state index contributed by atoms with van der Waals surface area (Å²) in [5.41, 5.74) is 7.28. The molecule has 106 valence electrons. The van der Waals surface area contributed by atoms with Crippen molar-refractivity contribution in [1.82, 2.24) is 9.97 Å². The number of thiazole rings is 1. The molecule has 2 aromatic heterocycles. The molecule has 2 aromatic rings. The molecule has 0 radical (unpaired) electrons. The highest BCUT2D eigenvalue weighted by molar-refractivity contribution is 7.11. The van der Waals surface area contributed by atoms with E-state index in [0.29, 0.717) is 12.2 Å². The first-order valence-electron chi connectivity index (χ1n) is 6.02. The van der Waals surface area contributed by atoms with E-state index in [9.17, 15) is 4.79 Å². The third kappa shape index (κ3) is 3.05. The van der Waals surface area contributed by atoms with Gasteiger partial charge in [0.05, 0.1) is 36.2 Å². The topological polar surface area (TPSA) is 90.1 Å². The van der Waals surface area contributed by atoms with Gasteiger partial charge in [-0.1, -0.05) is 0 Å². The second kappa shape index (κ2) is 5.87. The largest absolute Gasteiger partial charge is 0.480 e. The number of hydrogen-bond acceptors (Lipinski definition) is 6. The molecule has 7 heteroatoms. The van der Waals surface area contributed by atoms with Crippen molar-refractivity contribution < 1.29 is 9.53 Å². The van der Waals surface area contributed by atoms with Crippen molar-refractivity contribution in [3.05, 3.63) is 33.4 Å². The second-order valence-electron chi connectivity index (χ2n) is 4.24. The highest BCUT2D eigenvalue weighted by Gasteiger charge is 2.12. The van der Waals surface area contributed by atoms with Gasteiger partial charge in [-0.15, -0.1) is 11.3 Å². The van der Waals surface area contributed by atoms with Gasteiger partial charge in [-0.2, -0.15) is 0 Å². The number of nitrogens with two attached hydrogens (primary N) is 1. The number of aromatic nitrogens is 2. The van der Waals surface area contributed by atoms with Crippen LogP contribution in [0, 0.1) is 13.8 Å². The van der Waals surface area contributed by atoms with E-state index in [-0.39, 0.29) is 11.4 Å². The van der Waals surface area contributed by atoms with Gasteiger partial charge in [0.15, 0.2) is 0 Å². The van der Waals surface area contributed by atoms with Crippen molar-refractivity contribution in [3.63, 3.8) is 0 Å². The smallest absolute Gasteiger partial charge is 0.254 e. The van der Waals surface area contributed by atoms with Crippen LogP contribution in [0.4, 0.5) is 5.69 Å².